The molecule has 0 unspecified atom stereocenters. The topological polar surface area (TPSA) is 86.2 Å². The second kappa shape index (κ2) is 11.3. The van der Waals surface area contributed by atoms with Gasteiger partial charge >= 0.3 is 5.97 Å². The Balaban J connectivity index is 1.70. The van der Waals surface area contributed by atoms with Gasteiger partial charge in [-0.25, -0.2) is 10.2 Å². The Bertz CT molecular complexity index is 1130. The maximum Gasteiger partial charge on any atom is 0.343 e. The molecule has 3 rings (SSSR count). The molecule has 0 atom stereocenters. The van der Waals surface area contributed by atoms with Gasteiger partial charge in [0.2, 0.25) is 0 Å². The molecule has 0 saturated carbocycles. The van der Waals surface area contributed by atoms with Gasteiger partial charge < -0.3 is 14.2 Å². The number of nitrogens with one attached hydrogen (secondary N) is 1. The van der Waals surface area contributed by atoms with Crippen LogP contribution in [0.5, 0.6) is 17.2 Å². The fourth-order valence-corrected chi connectivity index (χ4v) is 3.35. The van der Waals surface area contributed by atoms with Crippen molar-refractivity contribution in [2.75, 3.05) is 13.7 Å². The zero-order valence-electron chi connectivity index (χ0n) is 17.5. The van der Waals surface area contributed by atoms with Crippen LogP contribution in [0.25, 0.3) is 0 Å². The number of hydrogen-bond acceptors (Lipinski definition) is 6. The summed E-state index contributed by atoms with van der Waals surface area (Å²) >= 11 is 2.10. The summed E-state index contributed by atoms with van der Waals surface area (Å²) in [5.41, 5.74) is 4.10. The largest absolute Gasteiger partial charge is 0.497 e. The normalized spacial score (nSPS) is 10.6. The number of benzene rings is 3. The van der Waals surface area contributed by atoms with Crippen molar-refractivity contribution in [1.82, 2.24) is 5.43 Å². The Hall–Kier alpha value is -3.40. The van der Waals surface area contributed by atoms with Gasteiger partial charge in [0.1, 0.15) is 5.75 Å². The number of methoxy groups -OCH3 is 1. The molecular formula is C24H21IN2O5. The second-order valence-corrected chi connectivity index (χ2v) is 7.60. The predicted octanol–water partition coefficient (Wildman–Crippen LogP) is 4.68. The average Bonchev–Trinajstić information content (AvgIpc) is 2.81. The van der Waals surface area contributed by atoms with E-state index in [2.05, 4.69) is 33.1 Å². The Morgan fingerprint density at radius 1 is 1.03 bits per heavy atom. The van der Waals surface area contributed by atoms with Crippen LogP contribution in [-0.2, 0) is 0 Å². The molecule has 0 aliphatic carbocycles. The van der Waals surface area contributed by atoms with E-state index < -0.39 is 5.97 Å². The minimum atomic E-state index is -0.514. The quantitative estimate of drug-likeness (QED) is 0.146. The van der Waals surface area contributed by atoms with Crippen LogP contribution >= 0.6 is 22.6 Å². The molecule has 3 aromatic rings. The summed E-state index contributed by atoms with van der Waals surface area (Å²) in [5.74, 6) is 0.505. The Kier molecular flexibility index (Phi) is 8.20. The van der Waals surface area contributed by atoms with Gasteiger partial charge in [0, 0.05) is 3.57 Å². The predicted molar refractivity (Wildman–Crippen MR) is 130 cm³/mol. The third-order valence-electron chi connectivity index (χ3n) is 4.29. The summed E-state index contributed by atoms with van der Waals surface area (Å²) in [6.45, 7) is 2.22. The fourth-order valence-electron chi connectivity index (χ4n) is 2.71. The van der Waals surface area contributed by atoms with Gasteiger partial charge in [0.25, 0.3) is 5.91 Å². The molecule has 0 bridgehead atoms. The molecule has 0 radical (unpaired) electrons. The number of esters is 1. The van der Waals surface area contributed by atoms with Gasteiger partial charge in [-0.1, -0.05) is 12.1 Å². The van der Waals surface area contributed by atoms with Crippen molar-refractivity contribution in [2.45, 2.75) is 6.92 Å². The molecule has 0 spiro atoms. The minimum Gasteiger partial charge on any atom is -0.497 e. The maximum atomic E-state index is 12.5. The van der Waals surface area contributed by atoms with E-state index in [1.54, 1.807) is 61.7 Å². The van der Waals surface area contributed by atoms with Gasteiger partial charge in [-0.2, -0.15) is 5.10 Å². The monoisotopic (exact) mass is 544 g/mol. The molecule has 0 aliphatic rings. The van der Waals surface area contributed by atoms with Crippen molar-refractivity contribution in [1.29, 1.82) is 0 Å². The first-order chi connectivity index (χ1) is 15.5. The molecule has 0 aliphatic heterocycles. The summed E-state index contributed by atoms with van der Waals surface area (Å²) in [4.78, 5) is 24.7. The van der Waals surface area contributed by atoms with Crippen molar-refractivity contribution in [2.24, 2.45) is 5.10 Å². The minimum absolute atomic E-state index is 0.285. The number of carbonyl (C=O) groups excluding carboxylic acids is 2. The molecule has 0 fully saturated rings. The van der Waals surface area contributed by atoms with Crippen LogP contribution in [0.1, 0.15) is 33.2 Å². The smallest absolute Gasteiger partial charge is 0.343 e. The molecule has 32 heavy (non-hydrogen) atoms. The van der Waals surface area contributed by atoms with E-state index >= 15 is 0 Å². The van der Waals surface area contributed by atoms with Gasteiger partial charge in [-0.3, -0.25) is 4.79 Å². The van der Waals surface area contributed by atoms with E-state index in [-0.39, 0.29) is 11.7 Å². The fraction of sp³-hybridized carbons (Fsp3) is 0.125. The lowest BCUT2D eigenvalue weighted by molar-refractivity contribution is 0.0728. The van der Waals surface area contributed by atoms with Crippen molar-refractivity contribution in [3.63, 3.8) is 0 Å². The molecule has 0 saturated heterocycles. The number of ether oxygens (including phenoxy) is 3. The Morgan fingerprint density at radius 2 is 1.78 bits per heavy atom. The molecule has 1 amide bonds. The molecule has 0 heterocycles. The van der Waals surface area contributed by atoms with Crippen LogP contribution in [0.4, 0.5) is 0 Å². The van der Waals surface area contributed by atoms with E-state index in [0.29, 0.717) is 34.8 Å². The van der Waals surface area contributed by atoms with Crippen LogP contribution in [0.15, 0.2) is 71.8 Å². The zero-order valence-corrected chi connectivity index (χ0v) is 19.7. The lowest BCUT2D eigenvalue weighted by Crippen LogP contribution is -2.18. The molecule has 1 N–H and O–H groups in total. The number of halogens is 1. The van der Waals surface area contributed by atoms with Gasteiger partial charge in [0.05, 0.1) is 31.1 Å². The van der Waals surface area contributed by atoms with Gasteiger partial charge in [0.15, 0.2) is 11.5 Å². The summed E-state index contributed by atoms with van der Waals surface area (Å²) in [7, 11) is 1.56. The molecule has 3 aromatic carbocycles. The van der Waals surface area contributed by atoms with Crippen molar-refractivity contribution < 1.29 is 23.8 Å². The highest BCUT2D eigenvalue weighted by atomic mass is 127. The van der Waals surface area contributed by atoms with Crippen LogP contribution in [0.3, 0.4) is 0 Å². The van der Waals surface area contributed by atoms with E-state index in [1.807, 2.05) is 19.1 Å². The Morgan fingerprint density at radius 3 is 2.47 bits per heavy atom. The first-order valence-corrected chi connectivity index (χ1v) is 10.8. The number of carbonyl (C=O) groups is 2. The second-order valence-electron chi connectivity index (χ2n) is 6.44. The summed E-state index contributed by atoms with van der Waals surface area (Å²) in [6.07, 6.45) is 1.49. The number of hydrazone groups is 1. The summed E-state index contributed by atoms with van der Waals surface area (Å²) < 4.78 is 17.1. The average molecular weight is 544 g/mol. The van der Waals surface area contributed by atoms with E-state index in [0.717, 1.165) is 3.57 Å². The standard InChI is InChI=1S/C24H21IN2O5/c1-3-31-22-14-16(15-26-27-23(28)19-6-4-5-7-20(19)25)8-13-21(22)32-24(29)17-9-11-18(30-2)12-10-17/h4-15H,3H2,1-2H3,(H,27,28)/b26-15+. The summed E-state index contributed by atoms with van der Waals surface area (Å²) in [5, 5.41) is 4.01. The third-order valence-corrected chi connectivity index (χ3v) is 5.23. The van der Waals surface area contributed by atoms with E-state index in [4.69, 9.17) is 14.2 Å². The first kappa shape index (κ1) is 23.3. The number of nitrogens with zero attached hydrogens (tertiary/aromatic N) is 1. The first-order valence-electron chi connectivity index (χ1n) is 9.72. The van der Waals surface area contributed by atoms with Crippen molar-refractivity contribution in [3.8, 4) is 17.2 Å². The highest BCUT2D eigenvalue weighted by Gasteiger charge is 2.14. The van der Waals surface area contributed by atoms with Crippen LogP contribution in [0, 0.1) is 3.57 Å². The van der Waals surface area contributed by atoms with Gasteiger partial charge in [-0.15, -0.1) is 0 Å². The van der Waals surface area contributed by atoms with Crippen molar-refractivity contribution >= 4 is 40.7 Å². The molecule has 8 heteroatoms. The molecule has 7 nitrogen and oxygen atoms in total. The highest BCUT2D eigenvalue weighted by molar-refractivity contribution is 14.1. The van der Waals surface area contributed by atoms with Crippen LogP contribution in [-0.4, -0.2) is 31.8 Å². The van der Waals surface area contributed by atoms with Crippen LogP contribution < -0.4 is 19.6 Å². The number of hydrogen-bond donors (Lipinski definition) is 1. The molecule has 164 valence electrons. The molecule has 0 aromatic heterocycles. The summed E-state index contributed by atoms with van der Waals surface area (Å²) in [6, 6.07) is 18.9. The highest BCUT2D eigenvalue weighted by Crippen LogP contribution is 2.29. The SMILES string of the molecule is CCOc1cc(/C=N/NC(=O)c2ccccc2I)ccc1OC(=O)c1ccc(OC)cc1. The zero-order chi connectivity index (χ0) is 22.9. The van der Waals surface area contributed by atoms with Crippen LogP contribution in [0.2, 0.25) is 0 Å². The Labute approximate surface area is 199 Å². The lowest BCUT2D eigenvalue weighted by atomic mass is 10.2. The lowest BCUT2D eigenvalue weighted by Gasteiger charge is -2.11. The van der Waals surface area contributed by atoms with Gasteiger partial charge in [-0.05, 0) is 89.7 Å². The van der Waals surface area contributed by atoms with E-state index in [1.165, 1.54) is 6.21 Å². The molecular weight excluding hydrogens is 523 g/mol. The number of amides is 1. The maximum absolute atomic E-state index is 12.5. The van der Waals surface area contributed by atoms with E-state index in [9.17, 15) is 9.59 Å². The number of rotatable bonds is 8. The van der Waals surface area contributed by atoms with Crippen molar-refractivity contribution in [3.05, 3.63) is 87.0 Å². The third kappa shape index (κ3) is 6.07.